The van der Waals surface area contributed by atoms with Crippen molar-refractivity contribution in [2.75, 3.05) is 13.3 Å². The Morgan fingerprint density at radius 3 is 2.33 bits per heavy atom. The van der Waals surface area contributed by atoms with E-state index >= 15 is 0 Å². The Labute approximate surface area is 61.2 Å². The van der Waals surface area contributed by atoms with Crippen LogP contribution in [0.25, 0.3) is 0 Å². The van der Waals surface area contributed by atoms with Gasteiger partial charge < -0.3 is 5.32 Å². The normalized spacial score (nSPS) is 12.3. The molecule has 0 bridgehead atoms. The van der Waals surface area contributed by atoms with Crippen LogP contribution in [0.3, 0.4) is 0 Å². The molecule has 0 saturated heterocycles. The van der Waals surface area contributed by atoms with E-state index in [0.29, 0.717) is 0 Å². The Morgan fingerprint density at radius 1 is 1.67 bits per heavy atom. The van der Waals surface area contributed by atoms with Crippen LogP contribution >= 0.6 is 11.8 Å². The summed E-state index contributed by atoms with van der Waals surface area (Å²) in [6.45, 7) is 5.73. The minimum absolute atomic E-state index is 1.11. The van der Waals surface area contributed by atoms with E-state index < -0.39 is 0 Å². The lowest BCUT2D eigenvalue weighted by Crippen LogP contribution is -2.03. The van der Waals surface area contributed by atoms with Crippen LogP contribution in [0.5, 0.6) is 0 Å². The van der Waals surface area contributed by atoms with Gasteiger partial charge in [0.15, 0.2) is 0 Å². The molecule has 0 saturated carbocycles. The van der Waals surface area contributed by atoms with Gasteiger partial charge in [0.25, 0.3) is 0 Å². The van der Waals surface area contributed by atoms with Crippen molar-refractivity contribution in [3.63, 3.8) is 0 Å². The maximum absolute atomic E-state index is 3.67. The molecular formula is C7H13NS. The number of likely N-dealkylation sites (N-methyl/N-ethyl adjacent to an activating group) is 1. The second-order valence-electron chi connectivity index (χ2n) is 1.63. The highest BCUT2D eigenvalue weighted by atomic mass is 32.2. The first-order chi connectivity index (χ1) is 4.26. The second kappa shape index (κ2) is 4.50. The van der Waals surface area contributed by atoms with Crippen molar-refractivity contribution in [1.29, 1.82) is 0 Å². The van der Waals surface area contributed by atoms with E-state index in [-0.39, 0.29) is 0 Å². The summed E-state index contributed by atoms with van der Waals surface area (Å²) in [5.41, 5.74) is 1.11. The fourth-order valence-corrected chi connectivity index (χ4v) is 0.937. The molecule has 1 N–H and O–H groups in total. The second-order valence-corrected chi connectivity index (χ2v) is 2.65. The summed E-state index contributed by atoms with van der Waals surface area (Å²) < 4.78 is 0. The van der Waals surface area contributed by atoms with Crippen LogP contribution in [-0.4, -0.2) is 13.3 Å². The molecule has 0 heterocycles. The Morgan fingerprint density at radius 2 is 2.22 bits per heavy atom. The Hall–Kier alpha value is -0.370. The zero-order valence-electron chi connectivity index (χ0n) is 6.19. The fourth-order valence-electron chi connectivity index (χ4n) is 0.532. The molecule has 0 atom stereocenters. The van der Waals surface area contributed by atoms with Crippen molar-refractivity contribution in [1.82, 2.24) is 5.32 Å². The van der Waals surface area contributed by atoms with Gasteiger partial charge in [0, 0.05) is 17.6 Å². The first kappa shape index (κ1) is 8.63. The molecule has 0 aliphatic rings. The van der Waals surface area contributed by atoms with Crippen molar-refractivity contribution in [3.8, 4) is 0 Å². The molecule has 0 unspecified atom stereocenters. The lowest BCUT2D eigenvalue weighted by atomic mass is 10.4. The summed E-state index contributed by atoms with van der Waals surface area (Å²) in [5.74, 6) is 0. The molecule has 0 spiro atoms. The van der Waals surface area contributed by atoms with Crippen molar-refractivity contribution >= 4 is 11.8 Å². The van der Waals surface area contributed by atoms with Gasteiger partial charge in [-0.1, -0.05) is 6.58 Å². The molecule has 0 aliphatic heterocycles. The number of rotatable bonds is 3. The molecular weight excluding hydrogens is 130 g/mol. The highest BCUT2D eigenvalue weighted by Gasteiger charge is 1.90. The molecule has 52 valence electrons. The van der Waals surface area contributed by atoms with Gasteiger partial charge in [0.2, 0.25) is 0 Å². The number of hydrogen-bond donors (Lipinski definition) is 1. The molecule has 9 heavy (non-hydrogen) atoms. The van der Waals surface area contributed by atoms with Gasteiger partial charge in [0.05, 0.1) is 0 Å². The highest BCUT2D eigenvalue weighted by Crippen LogP contribution is 2.13. The van der Waals surface area contributed by atoms with Gasteiger partial charge in [-0.2, -0.15) is 0 Å². The van der Waals surface area contributed by atoms with Crippen LogP contribution in [0.2, 0.25) is 0 Å². The van der Waals surface area contributed by atoms with E-state index in [1.54, 1.807) is 11.8 Å². The number of nitrogens with one attached hydrogen (secondary N) is 1. The fraction of sp³-hybridized carbons (Fsp3) is 0.429. The maximum Gasteiger partial charge on any atom is 0.0425 e. The van der Waals surface area contributed by atoms with E-state index in [2.05, 4.69) is 25.1 Å². The maximum atomic E-state index is 3.67. The summed E-state index contributed by atoms with van der Waals surface area (Å²) in [5, 5.41) is 3.04. The minimum Gasteiger partial charge on any atom is -0.388 e. The van der Waals surface area contributed by atoms with Gasteiger partial charge in [0.1, 0.15) is 0 Å². The average molecular weight is 143 g/mol. The molecule has 0 amide bonds. The van der Waals surface area contributed by atoms with Crippen molar-refractivity contribution in [3.05, 3.63) is 23.3 Å². The summed E-state index contributed by atoms with van der Waals surface area (Å²) in [4.78, 5) is 1.27. The van der Waals surface area contributed by atoms with Gasteiger partial charge >= 0.3 is 0 Å². The molecule has 0 aromatic carbocycles. The first-order valence-corrected chi connectivity index (χ1v) is 4.03. The SMILES string of the molecule is C=CC(NC)=C(C)SC. The summed E-state index contributed by atoms with van der Waals surface area (Å²) in [6.07, 6.45) is 3.88. The van der Waals surface area contributed by atoms with Crippen LogP contribution in [0.1, 0.15) is 6.92 Å². The van der Waals surface area contributed by atoms with Gasteiger partial charge in [-0.3, -0.25) is 0 Å². The predicted octanol–water partition coefficient (Wildman–Crippen LogP) is 1.99. The smallest absolute Gasteiger partial charge is 0.0425 e. The minimum atomic E-state index is 1.11. The van der Waals surface area contributed by atoms with Crippen LogP contribution in [0.15, 0.2) is 23.3 Å². The molecule has 0 radical (unpaired) electrons. The summed E-state index contributed by atoms with van der Waals surface area (Å²) in [7, 11) is 1.90. The summed E-state index contributed by atoms with van der Waals surface area (Å²) in [6, 6.07) is 0. The standard InChI is InChI=1S/C7H13NS/c1-5-7(8-3)6(2)9-4/h5,8H,1H2,2-4H3. The Balaban J connectivity index is 4.18. The van der Waals surface area contributed by atoms with Crippen molar-refractivity contribution in [2.24, 2.45) is 0 Å². The molecule has 0 fully saturated rings. The van der Waals surface area contributed by atoms with Crippen LogP contribution in [0.4, 0.5) is 0 Å². The van der Waals surface area contributed by atoms with E-state index in [0.717, 1.165) is 5.70 Å². The monoisotopic (exact) mass is 143 g/mol. The quantitative estimate of drug-likeness (QED) is 0.606. The topological polar surface area (TPSA) is 12.0 Å². The van der Waals surface area contributed by atoms with E-state index in [1.165, 1.54) is 4.91 Å². The predicted molar refractivity (Wildman–Crippen MR) is 45.5 cm³/mol. The third kappa shape index (κ3) is 2.61. The Bertz CT molecular complexity index is 127. The van der Waals surface area contributed by atoms with Gasteiger partial charge in [-0.15, -0.1) is 11.8 Å². The highest BCUT2D eigenvalue weighted by molar-refractivity contribution is 8.02. The average Bonchev–Trinajstić information content (AvgIpc) is 1.90. The largest absolute Gasteiger partial charge is 0.388 e. The van der Waals surface area contributed by atoms with Gasteiger partial charge in [-0.25, -0.2) is 0 Å². The number of thioether (sulfide) groups is 1. The van der Waals surface area contributed by atoms with Crippen LogP contribution < -0.4 is 5.32 Å². The molecule has 0 rings (SSSR count). The molecule has 2 heteroatoms. The summed E-state index contributed by atoms with van der Waals surface area (Å²) >= 11 is 1.73. The number of hydrogen-bond acceptors (Lipinski definition) is 2. The third-order valence-electron chi connectivity index (χ3n) is 1.16. The van der Waals surface area contributed by atoms with Crippen molar-refractivity contribution in [2.45, 2.75) is 6.92 Å². The zero-order valence-corrected chi connectivity index (χ0v) is 7.01. The number of allylic oxidation sites excluding steroid dienone is 2. The zero-order chi connectivity index (χ0) is 7.28. The first-order valence-electron chi connectivity index (χ1n) is 2.81. The van der Waals surface area contributed by atoms with Crippen LogP contribution in [-0.2, 0) is 0 Å². The van der Waals surface area contributed by atoms with Crippen LogP contribution in [0, 0.1) is 0 Å². The van der Waals surface area contributed by atoms with E-state index in [9.17, 15) is 0 Å². The third-order valence-corrected chi connectivity index (χ3v) is 1.99. The molecule has 0 aromatic rings. The molecule has 0 aromatic heterocycles. The Kier molecular flexibility index (Phi) is 4.32. The van der Waals surface area contributed by atoms with E-state index in [4.69, 9.17) is 0 Å². The molecule has 1 nitrogen and oxygen atoms in total. The molecule has 0 aliphatic carbocycles. The van der Waals surface area contributed by atoms with E-state index in [1.807, 2.05) is 13.1 Å². The van der Waals surface area contributed by atoms with Gasteiger partial charge in [-0.05, 0) is 19.3 Å². The lowest BCUT2D eigenvalue weighted by Gasteiger charge is -2.02. The van der Waals surface area contributed by atoms with Crippen molar-refractivity contribution < 1.29 is 0 Å². The lowest BCUT2D eigenvalue weighted by molar-refractivity contribution is 1.02.